The number of benzene rings is 3. The number of hydrogen-bond acceptors (Lipinski definition) is 6. The Morgan fingerprint density at radius 2 is 1.53 bits per heavy atom. The molecule has 7 nitrogen and oxygen atoms in total. The standard InChI is InChI=1S/C23H19ClN4O3S/c1-31-18-10-6-16(7-11-18)14-27-15-28(32(29,30)19-12-8-17(24)9-13-19)23-22(27)25-20-4-2-3-5-21(20)26-23/h2-13H,14-15H2,1H3. The molecule has 0 unspecified atom stereocenters. The Morgan fingerprint density at radius 1 is 0.906 bits per heavy atom. The molecular formula is C23H19ClN4O3S. The van der Waals surface area contributed by atoms with Crippen LogP contribution in [0.2, 0.25) is 5.02 Å². The van der Waals surface area contributed by atoms with Crippen LogP contribution in [0.25, 0.3) is 11.0 Å². The van der Waals surface area contributed by atoms with Crippen molar-refractivity contribution in [2.45, 2.75) is 11.4 Å². The van der Waals surface area contributed by atoms with Gasteiger partial charge >= 0.3 is 0 Å². The second-order valence-corrected chi connectivity index (χ2v) is 9.65. The highest BCUT2D eigenvalue weighted by molar-refractivity contribution is 7.92. The minimum atomic E-state index is -3.86. The normalized spacial score (nSPS) is 13.4. The third kappa shape index (κ3) is 3.61. The molecule has 2 heterocycles. The number of fused-ring (bicyclic) bond motifs is 2. The number of aromatic nitrogens is 2. The molecule has 0 saturated carbocycles. The monoisotopic (exact) mass is 466 g/mol. The molecule has 1 aliphatic heterocycles. The topological polar surface area (TPSA) is 75.6 Å². The number of rotatable bonds is 5. The number of nitrogens with zero attached hydrogens (tertiary/aromatic N) is 4. The van der Waals surface area contributed by atoms with Crippen LogP contribution in [0.15, 0.2) is 77.7 Å². The molecule has 3 aromatic carbocycles. The summed E-state index contributed by atoms with van der Waals surface area (Å²) < 4.78 is 33.5. The van der Waals surface area contributed by atoms with Crippen LogP contribution in [-0.4, -0.2) is 32.2 Å². The lowest BCUT2D eigenvalue weighted by Crippen LogP contribution is -2.35. The Bertz CT molecular complexity index is 1390. The van der Waals surface area contributed by atoms with Gasteiger partial charge in [0.2, 0.25) is 0 Å². The molecule has 0 atom stereocenters. The minimum Gasteiger partial charge on any atom is -0.497 e. The molecule has 1 aliphatic rings. The zero-order chi connectivity index (χ0) is 22.3. The number of anilines is 2. The van der Waals surface area contributed by atoms with Gasteiger partial charge < -0.3 is 9.64 Å². The fourth-order valence-electron chi connectivity index (χ4n) is 3.65. The number of ether oxygens (including phenoxy) is 1. The molecule has 0 aliphatic carbocycles. The predicted molar refractivity (Wildman–Crippen MR) is 125 cm³/mol. The highest BCUT2D eigenvalue weighted by atomic mass is 35.5. The lowest BCUT2D eigenvalue weighted by molar-refractivity contribution is 0.414. The molecule has 9 heteroatoms. The summed E-state index contributed by atoms with van der Waals surface area (Å²) in [4.78, 5) is 11.5. The predicted octanol–water partition coefficient (Wildman–Crippen LogP) is 4.46. The van der Waals surface area contributed by atoms with E-state index in [1.807, 2.05) is 53.4 Å². The molecule has 0 spiro atoms. The molecule has 0 saturated heterocycles. The number of methoxy groups -OCH3 is 1. The van der Waals surface area contributed by atoms with E-state index in [2.05, 4.69) is 4.98 Å². The van der Waals surface area contributed by atoms with Crippen LogP contribution in [-0.2, 0) is 16.6 Å². The summed E-state index contributed by atoms with van der Waals surface area (Å²) in [5.41, 5.74) is 2.34. The lowest BCUT2D eigenvalue weighted by Gasteiger charge is -2.21. The molecule has 1 aromatic heterocycles. The van der Waals surface area contributed by atoms with Crippen molar-refractivity contribution in [2.75, 3.05) is 23.0 Å². The Morgan fingerprint density at radius 3 is 2.16 bits per heavy atom. The molecular weight excluding hydrogens is 448 g/mol. The molecule has 162 valence electrons. The van der Waals surface area contributed by atoms with Crippen LogP contribution < -0.4 is 13.9 Å². The second kappa shape index (κ2) is 7.96. The van der Waals surface area contributed by atoms with Crippen LogP contribution in [0.5, 0.6) is 5.75 Å². The highest BCUT2D eigenvalue weighted by Crippen LogP contribution is 2.38. The van der Waals surface area contributed by atoms with Crippen LogP contribution in [0.1, 0.15) is 5.56 Å². The first kappa shape index (κ1) is 20.5. The fraction of sp³-hybridized carbons (Fsp3) is 0.130. The fourth-order valence-corrected chi connectivity index (χ4v) is 5.15. The van der Waals surface area contributed by atoms with E-state index in [0.717, 1.165) is 11.3 Å². The van der Waals surface area contributed by atoms with Gasteiger partial charge in [0.15, 0.2) is 11.6 Å². The first-order valence-corrected chi connectivity index (χ1v) is 11.7. The summed E-state index contributed by atoms with van der Waals surface area (Å²) in [7, 11) is -2.25. The molecule has 0 bridgehead atoms. The van der Waals surface area contributed by atoms with Gasteiger partial charge in [-0.05, 0) is 54.1 Å². The van der Waals surface area contributed by atoms with Crippen LogP contribution in [0.3, 0.4) is 0 Å². The van der Waals surface area contributed by atoms with Gasteiger partial charge in [-0.3, -0.25) is 0 Å². The summed E-state index contributed by atoms with van der Waals surface area (Å²) in [6.07, 6.45) is 0. The molecule has 5 rings (SSSR count). The van der Waals surface area contributed by atoms with Gasteiger partial charge in [0.1, 0.15) is 12.4 Å². The lowest BCUT2D eigenvalue weighted by atomic mass is 10.2. The summed E-state index contributed by atoms with van der Waals surface area (Å²) in [5.74, 6) is 1.59. The molecule has 32 heavy (non-hydrogen) atoms. The number of hydrogen-bond donors (Lipinski definition) is 0. The van der Waals surface area contributed by atoms with Crippen LogP contribution in [0, 0.1) is 0 Å². The third-order valence-corrected chi connectivity index (χ3v) is 7.29. The van der Waals surface area contributed by atoms with Gasteiger partial charge in [-0.15, -0.1) is 0 Å². The van der Waals surface area contributed by atoms with E-state index < -0.39 is 10.0 Å². The van der Waals surface area contributed by atoms with Gasteiger partial charge in [0, 0.05) is 11.6 Å². The van der Waals surface area contributed by atoms with E-state index in [0.29, 0.717) is 34.2 Å². The molecule has 4 aromatic rings. The smallest absolute Gasteiger partial charge is 0.267 e. The van der Waals surface area contributed by atoms with Gasteiger partial charge in [0.25, 0.3) is 10.0 Å². The average Bonchev–Trinajstić information content (AvgIpc) is 3.16. The Labute approximate surface area is 190 Å². The molecule has 0 radical (unpaired) electrons. The summed E-state index contributed by atoms with van der Waals surface area (Å²) in [6, 6.07) is 21.2. The SMILES string of the molecule is COc1ccc(CN2CN(S(=O)(=O)c3ccc(Cl)cc3)c3nc4ccccc4nc32)cc1. The van der Waals surface area contributed by atoms with Gasteiger partial charge in [0.05, 0.1) is 23.0 Å². The van der Waals surface area contributed by atoms with E-state index in [9.17, 15) is 8.42 Å². The molecule has 0 amide bonds. The van der Waals surface area contributed by atoms with Crippen LogP contribution in [0.4, 0.5) is 11.6 Å². The van der Waals surface area contributed by atoms with E-state index in [-0.39, 0.29) is 11.6 Å². The van der Waals surface area contributed by atoms with Gasteiger partial charge in [-0.2, -0.15) is 0 Å². The van der Waals surface area contributed by atoms with Gasteiger partial charge in [-0.25, -0.2) is 22.7 Å². The maximum atomic E-state index is 13.5. The first-order valence-electron chi connectivity index (χ1n) is 9.89. The summed E-state index contributed by atoms with van der Waals surface area (Å²) in [5, 5.41) is 0.470. The minimum absolute atomic E-state index is 0.0998. The number of halogens is 1. The average molecular weight is 467 g/mol. The van der Waals surface area contributed by atoms with E-state index >= 15 is 0 Å². The zero-order valence-electron chi connectivity index (χ0n) is 17.1. The van der Waals surface area contributed by atoms with Crippen LogP contribution >= 0.6 is 11.6 Å². The highest BCUT2D eigenvalue weighted by Gasteiger charge is 2.38. The van der Waals surface area contributed by atoms with Crippen molar-refractivity contribution in [3.05, 3.63) is 83.4 Å². The Balaban J connectivity index is 1.59. The Kier molecular flexibility index (Phi) is 5.11. The summed E-state index contributed by atoms with van der Waals surface area (Å²) >= 11 is 5.95. The number of sulfonamides is 1. The van der Waals surface area contributed by atoms with Crippen molar-refractivity contribution < 1.29 is 13.2 Å². The second-order valence-electron chi connectivity index (χ2n) is 7.35. The Hall–Kier alpha value is -3.36. The largest absolute Gasteiger partial charge is 0.497 e. The molecule has 0 N–H and O–H groups in total. The quantitative estimate of drug-likeness (QED) is 0.432. The van der Waals surface area contributed by atoms with E-state index in [1.165, 1.54) is 16.4 Å². The van der Waals surface area contributed by atoms with Crippen molar-refractivity contribution in [1.82, 2.24) is 9.97 Å². The molecule has 0 fully saturated rings. The van der Waals surface area contributed by atoms with Crippen molar-refractivity contribution >= 4 is 44.3 Å². The van der Waals surface area contributed by atoms with Crippen molar-refractivity contribution in [2.24, 2.45) is 0 Å². The van der Waals surface area contributed by atoms with Crippen molar-refractivity contribution in [3.63, 3.8) is 0 Å². The first-order chi connectivity index (χ1) is 15.5. The number of para-hydroxylation sites is 2. The maximum absolute atomic E-state index is 13.5. The maximum Gasteiger partial charge on any atom is 0.267 e. The zero-order valence-corrected chi connectivity index (χ0v) is 18.7. The summed E-state index contributed by atoms with van der Waals surface area (Å²) in [6.45, 7) is 0.569. The van der Waals surface area contributed by atoms with Crippen molar-refractivity contribution in [1.29, 1.82) is 0 Å². The van der Waals surface area contributed by atoms with E-state index in [1.54, 1.807) is 19.2 Å². The third-order valence-electron chi connectivity index (χ3n) is 5.30. The van der Waals surface area contributed by atoms with Crippen molar-refractivity contribution in [3.8, 4) is 5.75 Å². The van der Waals surface area contributed by atoms with E-state index in [4.69, 9.17) is 21.3 Å². The van der Waals surface area contributed by atoms with Gasteiger partial charge in [-0.1, -0.05) is 35.9 Å².